The van der Waals surface area contributed by atoms with E-state index in [1.54, 1.807) is 41.3 Å². The largest absolute Gasteiger partial charge is 0.313 e. The molecule has 0 radical (unpaired) electrons. The first-order valence-electron chi connectivity index (χ1n) is 5.40. The Hall–Kier alpha value is -1.88. The average molecular weight is 265 g/mol. The first kappa shape index (κ1) is 12.6. The summed E-state index contributed by atoms with van der Waals surface area (Å²) in [5, 5.41) is 4.89. The fourth-order valence-electron chi connectivity index (χ4n) is 1.61. The fraction of sp³-hybridized carbons (Fsp3) is 0.250. The number of anilines is 1. The Bertz CT molecular complexity index is 594. The molecule has 0 spiro atoms. The van der Waals surface area contributed by atoms with Crippen molar-refractivity contribution >= 4 is 23.2 Å². The molecule has 18 heavy (non-hydrogen) atoms. The lowest BCUT2D eigenvalue weighted by molar-refractivity contribution is -0.116. The Morgan fingerprint density at radius 2 is 2.17 bits per heavy atom. The third-order valence-electron chi connectivity index (χ3n) is 2.66. The zero-order valence-corrected chi connectivity index (χ0v) is 11.1. The molecule has 0 aliphatic heterocycles. The molecule has 0 unspecified atom stereocenters. The second-order valence-electron chi connectivity index (χ2n) is 3.98. The number of amides is 1. The highest BCUT2D eigenvalue weighted by Gasteiger charge is 2.13. The van der Waals surface area contributed by atoms with E-state index in [4.69, 9.17) is 11.6 Å². The van der Waals surface area contributed by atoms with Gasteiger partial charge >= 0.3 is 0 Å². The van der Waals surface area contributed by atoms with Gasteiger partial charge < -0.3 is 4.90 Å². The first-order chi connectivity index (χ1) is 8.49. The summed E-state index contributed by atoms with van der Waals surface area (Å²) in [5.74, 6) is -0.0399. The molecule has 2 rings (SSSR count). The summed E-state index contributed by atoms with van der Waals surface area (Å²) in [5.41, 5.74) is 2.30. The van der Waals surface area contributed by atoms with Gasteiger partial charge in [-0.15, -0.1) is 0 Å². The van der Waals surface area contributed by atoms with Crippen LogP contribution in [0.1, 0.15) is 12.6 Å². The lowest BCUT2D eigenvalue weighted by Gasteiger charge is -2.12. The van der Waals surface area contributed by atoms with Gasteiger partial charge in [-0.05, 0) is 13.0 Å². The summed E-state index contributed by atoms with van der Waals surface area (Å²) in [6, 6.07) is 1.76. The summed E-state index contributed by atoms with van der Waals surface area (Å²) < 4.78 is 1.66. The first-order valence-corrected chi connectivity index (χ1v) is 5.78. The van der Waals surface area contributed by atoms with Gasteiger partial charge in [-0.3, -0.25) is 9.78 Å². The van der Waals surface area contributed by atoms with Crippen LogP contribution < -0.4 is 4.90 Å². The van der Waals surface area contributed by atoms with E-state index in [1.807, 2.05) is 6.92 Å². The van der Waals surface area contributed by atoms with Crippen molar-refractivity contribution in [2.24, 2.45) is 0 Å². The molecule has 1 amide bonds. The van der Waals surface area contributed by atoms with Crippen LogP contribution in [-0.2, 0) is 4.79 Å². The minimum Gasteiger partial charge on any atom is -0.313 e. The molecule has 2 aromatic heterocycles. The molecule has 0 saturated carbocycles. The van der Waals surface area contributed by atoms with Crippen LogP contribution in [0.5, 0.6) is 0 Å². The van der Waals surface area contributed by atoms with Gasteiger partial charge in [-0.25, -0.2) is 4.68 Å². The molecule has 2 aromatic rings. The molecule has 0 fully saturated rings. The average Bonchev–Trinajstić information content (AvgIpc) is 2.70. The topological polar surface area (TPSA) is 51.0 Å². The molecule has 0 saturated heterocycles. The molecule has 0 aliphatic carbocycles. The molecule has 94 valence electrons. The predicted octanol–water partition coefficient (Wildman–Crippen LogP) is 2.21. The summed E-state index contributed by atoms with van der Waals surface area (Å²) in [4.78, 5) is 16.9. The molecular weight excluding hydrogens is 252 g/mol. The quantitative estimate of drug-likeness (QED) is 0.836. The van der Waals surface area contributed by atoms with Gasteiger partial charge in [0, 0.05) is 20.2 Å². The van der Waals surface area contributed by atoms with Gasteiger partial charge in [0.05, 0.1) is 34.5 Å². The SMILES string of the molecule is CC(=O)N(C)c1cn(-c2cncc(Cl)c2)nc1C. The van der Waals surface area contributed by atoms with Gasteiger partial charge in [0.15, 0.2) is 0 Å². The van der Waals surface area contributed by atoms with Crippen LogP contribution in [0.4, 0.5) is 5.69 Å². The summed E-state index contributed by atoms with van der Waals surface area (Å²) in [6.07, 6.45) is 5.00. The maximum absolute atomic E-state index is 11.4. The number of halogens is 1. The van der Waals surface area contributed by atoms with E-state index in [2.05, 4.69) is 10.1 Å². The Morgan fingerprint density at radius 3 is 2.78 bits per heavy atom. The van der Waals surface area contributed by atoms with Crippen LogP contribution in [-0.4, -0.2) is 27.7 Å². The van der Waals surface area contributed by atoms with E-state index >= 15 is 0 Å². The monoisotopic (exact) mass is 264 g/mol. The lowest BCUT2D eigenvalue weighted by atomic mass is 10.3. The van der Waals surface area contributed by atoms with E-state index in [0.29, 0.717) is 5.02 Å². The van der Waals surface area contributed by atoms with Crippen molar-refractivity contribution in [1.29, 1.82) is 0 Å². The zero-order valence-electron chi connectivity index (χ0n) is 10.4. The Balaban J connectivity index is 2.43. The van der Waals surface area contributed by atoms with E-state index in [9.17, 15) is 4.79 Å². The van der Waals surface area contributed by atoms with Crippen LogP contribution in [0.3, 0.4) is 0 Å². The van der Waals surface area contributed by atoms with Crippen LogP contribution >= 0.6 is 11.6 Å². The molecule has 0 N–H and O–H groups in total. The molecule has 6 heteroatoms. The molecule has 5 nitrogen and oxygen atoms in total. The van der Waals surface area contributed by atoms with E-state index in [0.717, 1.165) is 17.1 Å². The number of hydrogen-bond donors (Lipinski definition) is 0. The van der Waals surface area contributed by atoms with Crippen molar-refractivity contribution in [3.8, 4) is 5.69 Å². The molecule has 0 aliphatic rings. The number of hydrogen-bond acceptors (Lipinski definition) is 3. The highest BCUT2D eigenvalue weighted by Crippen LogP contribution is 2.20. The smallest absolute Gasteiger partial charge is 0.223 e. The van der Waals surface area contributed by atoms with Crippen molar-refractivity contribution in [2.75, 3.05) is 11.9 Å². The van der Waals surface area contributed by atoms with Gasteiger partial charge in [0.1, 0.15) is 0 Å². The lowest BCUT2D eigenvalue weighted by Crippen LogP contribution is -2.22. The maximum atomic E-state index is 11.4. The fourth-order valence-corrected chi connectivity index (χ4v) is 1.78. The second kappa shape index (κ2) is 4.78. The number of aryl methyl sites for hydroxylation is 1. The summed E-state index contributed by atoms with van der Waals surface area (Å²) in [7, 11) is 1.72. The Kier molecular flexibility index (Phi) is 3.34. The van der Waals surface area contributed by atoms with Gasteiger partial charge in [-0.2, -0.15) is 5.10 Å². The van der Waals surface area contributed by atoms with Gasteiger partial charge in [0.25, 0.3) is 0 Å². The third-order valence-corrected chi connectivity index (χ3v) is 2.87. The van der Waals surface area contributed by atoms with E-state index in [-0.39, 0.29) is 5.91 Å². The number of nitrogens with zero attached hydrogens (tertiary/aromatic N) is 4. The maximum Gasteiger partial charge on any atom is 0.223 e. The highest BCUT2D eigenvalue weighted by atomic mass is 35.5. The highest BCUT2D eigenvalue weighted by molar-refractivity contribution is 6.30. The van der Waals surface area contributed by atoms with Crippen molar-refractivity contribution in [3.05, 3.63) is 35.4 Å². The van der Waals surface area contributed by atoms with Gasteiger partial charge in [0.2, 0.25) is 5.91 Å². The van der Waals surface area contributed by atoms with Crippen LogP contribution in [0, 0.1) is 6.92 Å². The van der Waals surface area contributed by atoms with E-state index in [1.165, 1.54) is 6.92 Å². The van der Waals surface area contributed by atoms with Crippen molar-refractivity contribution in [1.82, 2.24) is 14.8 Å². The van der Waals surface area contributed by atoms with Crippen molar-refractivity contribution in [2.45, 2.75) is 13.8 Å². The van der Waals surface area contributed by atoms with Crippen LogP contribution in [0.2, 0.25) is 5.02 Å². The Morgan fingerprint density at radius 1 is 1.44 bits per heavy atom. The minimum absolute atomic E-state index is 0.0399. The summed E-state index contributed by atoms with van der Waals surface area (Å²) in [6.45, 7) is 3.36. The molecular formula is C12H13ClN4O. The number of pyridine rings is 1. The molecule has 0 atom stereocenters. The number of carbonyl (C=O) groups excluding carboxylic acids is 1. The summed E-state index contributed by atoms with van der Waals surface area (Å²) >= 11 is 5.89. The minimum atomic E-state index is -0.0399. The van der Waals surface area contributed by atoms with Crippen molar-refractivity contribution < 1.29 is 4.79 Å². The normalized spacial score (nSPS) is 10.4. The predicted molar refractivity (Wildman–Crippen MR) is 70.2 cm³/mol. The third kappa shape index (κ3) is 2.36. The number of aromatic nitrogens is 3. The van der Waals surface area contributed by atoms with Crippen LogP contribution in [0.15, 0.2) is 24.7 Å². The second-order valence-corrected chi connectivity index (χ2v) is 4.42. The number of rotatable bonds is 2. The van der Waals surface area contributed by atoms with E-state index < -0.39 is 0 Å². The Labute approximate surface area is 110 Å². The zero-order chi connectivity index (χ0) is 13.3. The van der Waals surface area contributed by atoms with Crippen LogP contribution in [0.25, 0.3) is 5.69 Å². The molecule has 0 aromatic carbocycles. The molecule has 0 bridgehead atoms. The number of carbonyl (C=O) groups is 1. The standard InChI is InChI=1S/C12H13ClN4O/c1-8-12(16(3)9(2)18)7-17(15-8)11-4-10(13)5-14-6-11/h4-7H,1-3H3. The molecule has 2 heterocycles. The van der Waals surface area contributed by atoms with Crippen molar-refractivity contribution in [3.63, 3.8) is 0 Å². The van der Waals surface area contributed by atoms with Gasteiger partial charge in [-0.1, -0.05) is 11.6 Å².